The van der Waals surface area contributed by atoms with Gasteiger partial charge < -0.3 is 9.88 Å². The minimum Gasteiger partial charge on any atom is -0.381 e. The lowest BCUT2D eigenvalue weighted by atomic mass is 10.1. The van der Waals surface area contributed by atoms with E-state index in [1.165, 1.54) is 53.5 Å². The average Bonchev–Trinajstić information content (AvgIpc) is 3.16. The van der Waals surface area contributed by atoms with Gasteiger partial charge in [-0.15, -0.1) is 0 Å². The molecule has 23 heavy (non-hydrogen) atoms. The van der Waals surface area contributed by atoms with E-state index in [0.29, 0.717) is 6.04 Å². The lowest BCUT2D eigenvalue weighted by molar-refractivity contribution is 0.755. The highest BCUT2D eigenvalue weighted by Gasteiger charge is 2.18. The van der Waals surface area contributed by atoms with Crippen molar-refractivity contribution < 1.29 is 0 Å². The van der Waals surface area contributed by atoms with Crippen molar-refractivity contribution in [1.82, 2.24) is 9.55 Å². The molecule has 1 aliphatic carbocycles. The van der Waals surface area contributed by atoms with Crippen molar-refractivity contribution in [3.8, 4) is 11.4 Å². The van der Waals surface area contributed by atoms with Crippen LogP contribution in [0.1, 0.15) is 31.2 Å². The van der Waals surface area contributed by atoms with E-state index in [1.54, 1.807) is 0 Å². The Morgan fingerprint density at radius 3 is 2.70 bits per heavy atom. The van der Waals surface area contributed by atoms with Crippen molar-refractivity contribution in [2.45, 2.75) is 38.6 Å². The summed E-state index contributed by atoms with van der Waals surface area (Å²) in [6.07, 6.45) is 7.12. The zero-order valence-corrected chi connectivity index (χ0v) is 13.8. The van der Waals surface area contributed by atoms with Gasteiger partial charge in [-0.2, -0.15) is 0 Å². The van der Waals surface area contributed by atoms with E-state index in [0.717, 1.165) is 5.69 Å². The number of fused-ring (bicyclic) bond motifs is 1. The van der Waals surface area contributed by atoms with Crippen LogP contribution in [0.3, 0.4) is 0 Å². The second-order valence-corrected chi connectivity index (χ2v) is 6.68. The third-order valence-electron chi connectivity index (χ3n) is 4.91. The standard InChI is InChI=1S/C20H23N3/c1-14-11-15-13-19(17-9-5-6-10-21-17)23(2)20(15)18(12-14)22-16-7-3-4-8-16/h5-6,9-13,16,22H,3-4,7-8H2,1-2H3. The molecule has 1 fully saturated rings. The highest BCUT2D eigenvalue weighted by Crippen LogP contribution is 2.33. The van der Waals surface area contributed by atoms with Crippen LogP contribution in [0, 0.1) is 6.92 Å². The number of aromatic nitrogens is 2. The quantitative estimate of drug-likeness (QED) is 0.745. The molecule has 0 radical (unpaired) electrons. The normalized spacial score (nSPS) is 15.4. The van der Waals surface area contributed by atoms with Gasteiger partial charge in [0.05, 0.1) is 22.6 Å². The first-order valence-corrected chi connectivity index (χ1v) is 8.50. The molecule has 2 heterocycles. The van der Waals surface area contributed by atoms with Crippen LogP contribution < -0.4 is 5.32 Å². The molecule has 3 nitrogen and oxygen atoms in total. The number of nitrogens with zero attached hydrogens (tertiary/aromatic N) is 2. The molecule has 3 heteroatoms. The predicted molar refractivity (Wildman–Crippen MR) is 96.8 cm³/mol. The molecule has 4 rings (SSSR count). The van der Waals surface area contributed by atoms with E-state index in [1.807, 2.05) is 18.3 Å². The molecule has 0 atom stereocenters. The number of hydrogen-bond acceptors (Lipinski definition) is 2. The van der Waals surface area contributed by atoms with Crippen LogP contribution in [0.5, 0.6) is 0 Å². The summed E-state index contributed by atoms with van der Waals surface area (Å²) in [5, 5.41) is 5.07. The zero-order chi connectivity index (χ0) is 15.8. The Labute approximate surface area is 137 Å². The minimum absolute atomic E-state index is 0.619. The molecule has 0 aliphatic heterocycles. The molecule has 1 N–H and O–H groups in total. The van der Waals surface area contributed by atoms with E-state index >= 15 is 0 Å². The first-order chi connectivity index (χ1) is 11.2. The Morgan fingerprint density at radius 1 is 1.13 bits per heavy atom. The Hall–Kier alpha value is -2.29. The van der Waals surface area contributed by atoms with E-state index in [4.69, 9.17) is 0 Å². The number of pyridine rings is 1. The highest BCUT2D eigenvalue weighted by atomic mass is 15.0. The van der Waals surface area contributed by atoms with Crippen LogP contribution in [0.4, 0.5) is 5.69 Å². The SMILES string of the molecule is Cc1cc(NC2CCCC2)c2c(c1)cc(-c1ccccn1)n2C. The average molecular weight is 305 g/mol. The highest BCUT2D eigenvalue weighted by molar-refractivity contribution is 5.96. The van der Waals surface area contributed by atoms with Gasteiger partial charge in [-0.3, -0.25) is 4.98 Å². The summed E-state index contributed by atoms with van der Waals surface area (Å²) in [5.41, 5.74) is 6.03. The van der Waals surface area contributed by atoms with Crippen molar-refractivity contribution in [3.63, 3.8) is 0 Å². The molecule has 0 spiro atoms. The van der Waals surface area contributed by atoms with Crippen LogP contribution in [0.15, 0.2) is 42.6 Å². The molecule has 1 saturated carbocycles. The topological polar surface area (TPSA) is 29.9 Å². The van der Waals surface area contributed by atoms with Gasteiger partial charge in [0.1, 0.15) is 0 Å². The molecule has 0 bridgehead atoms. The van der Waals surface area contributed by atoms with Crippen molar-refractivity contribution in [2.75, 3.05) is 5.32 Å². The van der Waals surface area contributed by atoms with Crippen LogP contribution >= 0.6 is 0 Å². The van der Waals surface area contributed by atoms with Crippen LogP contribution in [0.25, 0.3) is 22.3 Å². The fourth-order valence-corrected chi connectivity index (χ4v) is 3.82. The van der Waals surface area contributed by atoms with Crippen molar-refractivity contribution in [1.29, 1.82) is 0 Å². The monoisotopic (exact) mass is 305 g/mol. The van der Waals surface area contributed by atoms with E-state index in [2.05, 4.69) is 53.1 Å². The summed E-state index contributed by atoms with van der Waals surface area (Å²) < 4.78 is 2.27. The molecular weight excluding hydrogens is 282 g/mol. The Kier molecular flexibility index (Phi) is 3.56. The Balaban J connectivity index is 1.84. The number of aryl methyl sites for hydroxylation is 2. The first-order valence-electron chi connectivity index (χ1n) is 8.50. The second kappa shape index (κ2) is 5.73. The third-order valence-corrected chi connectivity index (χ3v) is 4.91. The van der Waals surface area contributed by atoms with Gasteiger partial charge in [-0.05, 0) is 55.7 Å². The number of nitrogens with one attached hydrogen (secondary N) is 1. The molecule has 1 aromatic carbocycles. The summed E-state index contributed by atoms with van der Waals surface area (Å²) in [6.45, 7) is 2.17. The predicted octanol–water partition coefficient (Wildman–Crippen LogP) is 4.90. The minimum atomic E-state index is 0.619. The van der Waals surface area contributed by atoms with Gasteiger partial charge in [0, 0.05) is 24.7 Å². The van der Waals surface area contributed by atoms with Gasteiger partial charge >= 0.3 is 0 Å². The van der Waals surface area contributed by atoms with E-state index in [9.17, 15) is 0 Å². The maximum absolute atomic E-state index is 4.52. The Bertz CT molecular complexity index is 827. The largest absolute Gasteiger partial charge is 0.381 e. The molecular formula is C20H23N3. The summed E-state index contributed by atoms with van der Waals surface area (Å²) in [4.78, 5) is 4.52. The number of rotatable bonds is 3. The maximum Gasteiger partial charge on any atom is 0.0866 e. The van der Waals surface area contributed by atoms with E-state index < -0.39 is 0 Å². The fourth-order valence-electron chi connectivity index (χ4n) is 3.82. The molecule has 2 aromatic heterocycles. The molecule has 0 unspecified atom stereocenters. The van der Waals surface area contributed by atoms with Crippen molar-refractivity contribution >= 4 is 16.6 Å². The van der Waals surface area contributed by atoms with Gasteiger partial charge in [0.25, 0.3) is 0 Å². The van der Waals surface area contributed by atoms with Crippen LogP contribution in [-0.2, 0) is 7.05 Å². The van der Waals surface area contributed by atoms with Crippen molar-refractivity contribution in [3.05, 3.63) is 48.2 Å². The Morgan fingerprint density at radius 2 is 1.96 bits per heavy atom. The van der Waals surface area contributed by atoms with Gasteiger partial charge in [-0.25, -0.2) is 0 Å². The van der Waals surface area contributed by atoms with Gasteiger partial charge in [0.15, 0.2) is 0 Å². The fraction of sp³-hybridized carbons (Fsp3) is 0.350. The smallest absolute Gasteiger partial charge is 0.0866 e. The third kappa shape index (κ3) is 2.61. The summed E-state index contributed by atoms with van der Waals surface area (Å²) >= 11 is 0. The van der Waals surface area contributed by atoms with Crippen LogP contribution in [-0.4, -0.2) is 15.6 Å². The summed E-state index contributed by atoms with van der Waals surface area (Å²) in [5.74, 6) is 0. The van der Waals surface area contributed by atoms with Gasteiger partial charge in [0.2, 0.25) is 0 Å². The van der Waals surface area contributed by atoms with Crippen molar-refractivity contribution in [2.24, 2.45) is 7.05 Å². The lowest BCUT2D eigenvalue weighted by Crippen LogP contribution is -2.15. The second-order valence-electron chi connectivity index (χ2n) is 6.68. The molecule has 1 aliphatic rings. The number of benzene rings is 1. The molecule has 118 valence electrons. The first kappa shape index (κ1) is 14.3. The maximum atomic E-state index is 4.52. The molecule has 3 aromatic rings. The molecule has 0 saturated heterocycles. The van der Waals surface area contributed by atoms with Crippen LogP contribution in [0.2, 0.25) is 0 Å². The van der Waals surface area contributed by atoms with Gasteiger partial charge in [-0.1, -0.05) is 18.9 Å². The number of hydrogen-bond donors (Lipinski definition) is 1. The van der Waals surface area contributed by atoms with E-state index in [-0.39, 0.29) is 0 Å². The number of anilines is 1. The summed E-state index contributed by atoms with van der Waals surface area (Å²) in [6, 6.07) is 13.5. The molecule has 0 amide bonds. The lowest BCUT2D eigenvalue weighted by Gasteiger charge is -2.16. The zero-order valence-electron chi connectivity index (χ0n) is 13.8. The summed E-state index contributed by atoms with van der Waals surface area (Å²) in [7, 11) is 2.14.